The largest absolute Gasteiger partial charge is 0.477 e. The van der Waals surface area contributed by atoms with Gasteiger partial charge in [0.2, 0.25) is 5.16 Å². The Morgan fingerprint density at radius 3 is 2.84 bits per heavy atom. The molecule has 4 N–H and O–H groups in total. The van der Waals surface area contributed by atoms with Gasteiger partial charge < -0.3 is 25.8 Å². The van der Waals surface area contributed by atoms with Crippen LogP contribution in [0.4, 0.5) is 4.79 Å². The molecule has 0 saturated carbocycles. The lowest BCUT2D eigenvalue weighted by molar-refractivity contribution is -0.192. The molecule has 0 spiro atoms. The highest BCUT2D eigenvalue weighted by Crippen LogP contribution is 2.47. The Morgan fingerprint density at radius 1 is 1.45 bits per heavy atom. The van der Waals surface area contributed by atoms with Gasteiger partial charge in [-0.15, -0.1) is 28.2 Å². The molecule has 3 atom stereocenters. The molecule has 4 heterocycles. The summed E-state index contributed by atoms with van der Waals surface area (Å²) in [6.07, 6.45) is 0. The smallest absolute Gasteiger partial charge is 0.352 e. The number of methoxy groups -OCH3 is 1. The van der Waals surface area contributed by atoms with Crippen molar-refractivity contribution in [2.75, 3.05) is 25.2 Å². The number of fused-ring (bicyclic) bond motifs is 1. The monoisotopic (exact) mass is 579 g/mol. The second-order valence-corrected chi connectivity index (χ2v) is 10.8. The summed E-state index contributed by atoms with van der Waals surface area (Å²) < 4.78 is 6.95. The summed E-state index contributed by atoms with van der Waals surface area (Å²) >= 11 is 3.67. The molecule has 0 radical (unpaired) electrons. The summed E-state index contributed by atoms with van der Waals surface area (Å²) in [6, 6.07) is 3.14. The van der Waals surface area contributed by atoms with Crippen molar-refractivity contribution in [3.8, 4) is 6.07 Å². The van der Waals surface area contributed by atoms with Gasteiger partial charge in [0.05, 0.1) is 6.07 Å². The Morgan fingerprint density at radius 2 is 2.24 bits per heavy atom. The molecule has 200 valence electrons. The molecule has 4 rings (SSSR count). The minimum Gasteiger partial charge on any atom is -0.477 e. The molecule has 18 heteroatoms. The molecule has 4 amide bonds. The summed E-state index contributed by atoms with van der Waals surface area (Å²) in [7, 11) is 2.89. The zero-order valence-electron chi connectivity index (χ0n) is 19.9. The molecule has 2 aliphatic heterocycles. The third-order valence-corrected chi connectivity index (χ3v) is 9.00. The van der Waals surface area contributed by atoms with E-state index in [9.17, 15) is 24.3 Å². The van der Waals surface area contributed by atoms with E-state index in [2.05, 4.69) is 31.5 Å². The molecule has 2 unspecified atom stereocenters. The Bertz CT molecular complexity index is 1320. The Kier molecular flexibility index (Phi) is 8.20. The maximum absolute atomic E-state index is 13.4. The van der Waals surface area contributed by atoms with E-state index in [1.54, 1.807) is 30.6 Å². The van der Waals surface area contributed by atoms with E-state index >= 15 is 0 Å². The van der Waals surface area contributed by atoms with Gasteiger partial charge in [0.15, 0.2) is 0 Å². The second-order valence-electron chi connectivity index (χ2n) is 7.83. The number of aromatic nitrogens is 4. The number of thioether (sulfide) groups is 2. The van der Waals surface area contributed by atoms with Crippen LogP contribution in [0.5, 0.6) is 0 Å². The average Bonchev–Trinajstić information content (AvgIpc) is 3.58. The minimum atomic E-state index is -1.85. The van der Waals surface area contributed by atoms with E-state index in [4.69, 9.17) is 10.00 Å². The van der Waals surface area contributed by atoms with Crippen molar-refractivity contribution in [3.05, 3.63) is 33.7 Å². The van der Waals surface area contributed by atoms with Gasteiger partial charge in [0.25, 0.3) is 17.5 Å². The van der Waals surface area contributed by atoms with Crippen molar-refractivity contribution in [1.82, 2.24) is 41.1 Å². The first-order valence-electron chi connectivity index (χ1n) is 10.8. The number of nitrogens with zero attached hydrogens (tertiary/aromatic N) is 6. The predicted molar refractivity (Wildman–Crippen MR) is 134 cm³/mol. The normalized spacial score (nSPS) is 21.1. The Hall–Kier alpha value is -3.66. The quantitative estimate of drug-likeness (QED) is 0.123. The van der Waals surface area contributed by atoms with Crippen LogP contribution < -0.4 is 16.0 Å². The summed E-state index contributed by atoms with van der Waals surface area (Å²) in [5.41, 5.74) is -1.55. The van der Waals surface area contributed by atoms with Crippen molar-refractivity contribution in [1.29, 1.82) is 5.26 Å². The maximum Gasteiger partial charge on any atom is 0.352 e. The number of β-lactam (4-membered cyclic amide) rings is 1. The lowest BCUT2D eigenvalue weighted by Crippen LogP contribution is -2.81. The fourth-order valence-electron chi connectivity index (χ4n) is 3.83. The van der Waals surface area contributed by atoms with Crippen molar-refractivity contribution in [2.24, 2.45) is 7.05 Å². The van der Waals surface area contributed by atoms with E-state index in [1.165, 1.54) is 46.7 Å². The number of hydrogen-bond acceptors (Lipinski definition) is 12. The van der Waals surface area contributed by atoms with Crippen molar-refractivity contribution in [3.63, 3.8) is 0 Å². The van der Waals surface area contributed by atoms with E-state index in [-0.39, 0.29) is 23.7 Å². The molecule has 38 heavy (non-hydrogen) atoms. The summed E-state index contributed by atoms with van der Waals surface area (Å²) in [4.78, 5) is 52.7. The standard InChI is InChI=1S/C20H21N9O6S3/c1-28-19(25-26-27-28)38-9-10-8-37-17-20(35-2,16(33)29(17)13(10)15(31)32)24-14(30)12(11-4-3-7-36-11)23-18(34)22-6-5-21/h3-4,7,12,17H,6,8-9H2,1-2H3,(H,24,30)(H,31,32)(H2,22,23,34)/t12?,17?,20-/m0/s1. The predicted octanol–water partition coefficient (Wildman–Crippen LogP) is -0.360. The zero-order valence-corrected chi connectivity index (χ0v) is 22.4. The fourth-order valence-corrected chi connectivity index (χ4v) is 7.03. The van der Waals surface area contributed by atoms with E-state index in [0.717, 1.165) is 4.90 Å². The molecule has 1 saturated heterocycles. The Balaban J connectivity index is 1.55. The molecule has 0 bridgehead atoms. The van der Waals surface area contributed by atoms with Crippen LogP contribution in [0.15, 0.2) is 33.9 Å². The van der Waals surface area contributed by atoms with Crippen LogP contribution in [0, 0.1) is 11.3 Å². The lowest BCUT2D eigenvalue weighted by atomic mass is 9.97. The zero-order chi connectivity index (χ0) is 27.4. The summed E-state index contributed by atoms with van der Waals surface area (Å²) in [5.74, 6) is -2.32. The number of nitrogens with one attached hydrogen (secondary N) is 3. The van der Waals surface area contributed by atoms with Gasteiger partial charge in [-0.25, -0.2) is 14.3 Å². The highest BCUT2D eigenvalue weighted by Gasteiger charge is 2.67. The van der Waals surface area contributed by atoms with Gasteiger partial charge in [-0.05, 0) is 27.4 Å². The van der Waals surface area contributed by atoms with Crippen LogP contribution in [0.3, 0.4) is 0 Å². The molecule has 2 aliphatic rings. The summed E-state index contributed by atoms with van der Waals surface area (Å²) in [6.45, 7) is -0.267. The Labute approximate surface area is 227 Å². The highest BCUT2D eigenvalue weighted by molar-refractivity contribution is 8.01. The van der Waals surface area contributed by atoms with Gasteiger partial charge in [-0.2, -0.15) is 5.26 Å². The first-order valence-corrected chi connectivity index (χ1v) is 13.7. The number of aliphatic carboxylic acids is 1. The highest BCUT2D eigenvalue weighted by atomic mass is 32.2. The number of aryl methyl sites for hydroxylation is 1. The van der Waals surface area contributed by atoms with Crippen LogP contribution in [0.2, 0.25) is 0 Å². The fraction of sp³-hybridized carbons (Fsp3) is 0.400. The average molecular weight is 580 g/mol. The van der Waals surface area contributed by atoms with Crippen LogP contribution in [-0.4, -0.2) is 90.3 Å². The van der Waals surface area contributed by atoms with Gasteiger partial charge in [0.1, 0.15) is 23.7 Å². The first-order chi connectivity index (χ1) is 18.2. The number of urea groups is 1. The van der Waals surface area contributed by atoms with Crippen LogP contribution in [0.25, 0.3) is 0 Å². The van der Waals surface area contributed by atoms with E-state index in [0.29, 0.717) is 15.6 Å². The minimum absolute atomic E-state index is 0.188. The summed E-state index contributed by atoms with van der Waals surface area (Å²) in [5, 5.41) is 38.5. The van der Waals surface area contributed by atoms with Crippen molar-refractivity contribution in [2.45, 2.75) is 22.3 Å². The molecule has 0 aromatic carbocycles. The number of carboxylic acid groups (broad SMARTS) is 1. The number of rotatable bonds is 10. The molecular weight excluding hydrogens is 558 g/mol. The van der Waals surface area contributed by atoms with Gasteiger partial charge in [-0.1, -0.05) is 17.8 Å². The first kappa shape index (κ1) is 27.4. The van der Waals surface area contributed by atoms with E-state index in [1.807, 2.05) is 0 Å². The van der Waals surface area contributed by atoms with Crippen LogP contribution in [0.1, 0.15) is 10.9 Å². The number of tetrazole rings is 1. The number of amides is 4. The van der Waals surface area contributed by atoms with Crippen LogP contribution in [-0.2, 0) is 26.2 Å². The molecular formula is C20H21N9O6S3. The number of carbonyl (C=O) groups excluding carboxylic acids is 3. The SMILES string of the molecule is CO[C@@]1(NC(=O)C(NC(=O)NCC#N)c2cccs2)C(=O)N2C(C(=O)O)=C(CSc3nnnn3C)CSC21. The van der Waals surface area contributed by atoms with Crippen molar-refractivity contribution >= 4 is 58.7 Å². The topological polar surface area (TPSA) is 204 Å². The molecule has 15 nitrogen and oxygen atoms in total. The van der Waals surface area contributed by atoms with Crippen LogP contribution >= 0.6 is 34.9 Å². The molecule has 2 aromatic rings. The number of thiophene rings is 1. The second kappa shape index (κ2) is 11.4. The van der Waals surface area contributed by atoms with Gasteiger partial charge in [0, 0.05) is 30.5 Å². The maximum atomic E-state index is 13.4. The van der Waals surface area contributed by atoms with Crippen molar-refractivity contribution < 1.29 is 29.0 Å². The molecule has 1 fully saturated rings. The van der Waals surface area contributed by atoms with Gasteiger partial charge in [-0.3, -0.25) is 14.5 Å². The number of hydrogen-bond donors (Lipinski definition) is 4. The van der Waals surface area contributed by atoms with Gasteiger partial charge >= 0.3 is 12.0 Å². The lowest BCUT2D eigenvalue weighted by Gasteiger charge is -2.56. The molecule has 2 aromatic heterocycles. The third-order valence-electron chi connectivity index (χ3n) is 5.59. The number of nitriles is 1. The number of ether oxygens (including phenoxy) is 1. The third kappa shape index (κ3) is 5.05. The number of carbonyl (C=O) groups is 4. The number of carboxylic acids is 1. The molecule has 0 aliphatic carbocycles. The van der Waals surface area contributed by atoms with E-state index < -0.39 is 41.0 Å².